The molecule has 8 heteroatoms. The lowest BCUT2D eigenvalue weighted by Crippen LogP contribution is -2.35. The molecule has 3 aromatic rings. The minimum Gasteiger partial charge on any atom is -0.461 e. The van der Waals surface area contributed by atoms with Gasteiger partial charge in [-0.1, -0.05) is 0 Å². The van der Waals surface area contributed by atoms with E-state index in [2.05, 4.69) is 19.9 Å². The molecule has 0 aromatic carbocycles. The lowest BCUT2D eigenvalue weighted by Gasteiger charge is -2.26. The fourth-order valence-electron chi connectivity index (χ4n) is 3.23. The maximum atomic E-state index is 12.6. The van der Waals surface area contributed by atoms with E-state index in [4.69, 9.17) is 9.15 Å². The lowest BCUT2D eigenvalue weighted by molar-refractivity contribution is -0.142. The Morgan fingerprint density at radius 1 is 1.32 bits per heavy atom. The first-order valence-corrected chi connectivity index (χ1v) is 9.04. The number of esters is 1. The Hall–Kier alpha value is -3.26. The van der Waals surface area contributed by atoms with E-state index in [-0.39, 0.29) is 18.1 Å². The average Bonchev–Trinajstić information content (AvgIpc) is 3.15. The Balaban J connectivity index is 1.46. The van der Waals surface area contributed by atoms with Crippen LogP contribution in [0.15, 0.2) is 45.9 Å². The number of H-pyrrole nitrogens is 1. The van der Waals surface area contributed by atoms with Crippen molar-refractivity contribution in [2.45, 2.75) is 33.0 Å². The van der Waals surface area contributed by atoms with Crippen molar-refractivity contribution >= 4 is 5.97 Å². The van der Waals surface area contributed by atoms with Crippen molar-refractivity contribution in [3.8, 4) is 11.4 Å². The topological polar surface area (TPSA) is 101 Å². The molecule has 8 nitrogen and oxygen atoms in total. The minimum atomic E-state index is -0.344. The first-order chi connectivity index (χ1) is 13.6. The highest BCUT2D eigenvalue weighted by atomic mass is 16.5. The summed E-state index contributed by atoms with van der Waals surface area (Å²) in [4.78, 5) is 37.2. The third-order valence-corrected chi connectivity index (χ3v) is 4.60. The number of carbonyl (C=O) groups is 1. The molecular weight excluding hydrogens is 360 g/mol. The molecular formula is C20H20N4O4. The average molecular weight is 380 g/mol. The highest BCUT2D eigenvalue weighted by molar-refractivity contribution is 5.65. The van der Waals surface area contributed by atoms with Crippen LogP contribution in [0.25, 0.3) is 11.4 Å². The first kappa shape index (κ1) is 18.1. The number of fused-ring (bicyclic) bond motifs is 1. The Bertz CT molecular complexity index is 1040. The molecule has 4 heterocycles. The van der Waals surface area contributed by atoms with Crippen molar-refractivity contribution in [1.29, 1.82) is 0 Å². The van der Waals surface area contributed by atoms with Gasteiger partial charge in [-0.05, 0) is 24.3 Å². The quantitative estimate of drug-likeness (QED) is 0.676. The van der Waals surface area contributed by atoms with Crippen molar-refractivity contribution < 1.29 is 13.9 Å². The Kier molecular flexibility index (Phi) is 5.03. The number of carbonyl (C=O) groups excluding carboxylic acids is 1. The van der Waals surface area contributed by atoms with Crippen molar-refractivity contribution in [3.05, 3.63) is 69.8 Å². The zero-order chi connectivity index (χ0) is 19.5. The molecule has 0 atom stereocenters. The molecule has 0 amide bonds. The molecule has 1 N–H and O–H groups in total. The number of hydrogen-bond acceptors (Lipinski definition) is 7. The monoisotopic (exact) mass is 380 g/mol. The number of furan rings is 1. The van der Waals surface area contributed by atoms with Gasteiger partial charge >= 0.3 is 5.97 Å². The number of pyridine rings is 1. The second-order valence-corrected chi connectivity index (χ2v) is 6.69. The number of nitrogens with one attached hydrogen (secondary N) is 1. The molecule has 1 aliphatic heterocycles. The van der Waals surface area contributed by atoms with E-state index in [1.54, 1.807) is 18.5 Å². The predicted molar refractivity (Wildman–Crippen MR) is 100 cm³/mol. The zero-order valence-corrected chi connectivity index (χ0v) is 15.5. The summed E-state index contributed by atoms with van der Waals surface area (Å²) in [5, 5.41) is 0. The second kappa shape index (κ2) is 7.77. The molecule has 3 aromatic heterocycles. The standard InChI is InChI=1S/C20H20N4O4/c1-13(25)27-12-16-5-4-15(28-16)10-24-8-6-18-17(11-24)20(26)23-19(22-18)14-3-2-7-21-9-14/h2-5,7,9H,6,8,10-12H2,1H3,(H,22,23,26). The van der Waals surface area contributed by atoms with Crippen LogP contribution in [0.5, 0.6) is 0 Å². The minimum absolute atomic E-state index is 0.122. The smallest absolute Gasteiger partial charge is 0.303 e. The van der Waals surface area contributed by atoms with Crippen LogP contribution in [0.3, 0.4) is 0 Å². The summed E-state index contributed by atoms with van der Waals surface area (Å²) in [6.45, 7) is 3.34. The van der Waals surface area contributed by atoms with Crippen LogP contribution in [0.4, 0.5) is 0 Å². The van der Waals surface area contributed by atoms with Crippen molar-refractivity contribution in [3.63, 3.8) is 0 Å². The number of nitrogens with zero attached hydrogens (tertiary/aromatic N) is 3. The van der Waals surface area contributed by atoms with Gasteiger partial charge in [0.25, 0.3) is 5.56 Å². The molecule has 28 heavy (non-hydrogen) atoms. The summed E-state index contributed by atoms with van der Waals surface area (Å²) < 4.78 is 10.6. The summed E-state index contributed by atoms with van der Waals surface area (Å²) in [5.41, 5.74) is 2.18. The van der Waals surface area contributed by atoms with Gasteiger partial charge < -0.3 is 14.1 Å². The normalized spacial score (nSPS) is 13.9. The third-order valence-electron chi connectivity index (χ3n) is 4.60. The van der Waals surface area contributed by atoms with Crippen LogP contribution >= 0.6 is 0 Å². The van der Waals surface area contributed by atoms with E-state index in [1.807, 2.05) is 18.2 Å². The highest BCUT2D eigenvalue weighted by Crippen LogP contribution is 2.20. The highest BCUT2D eigenvalue weighted by Gasteiger charge is 2.22. The van der Waals surface area contributed by atoms with Gasteiger partial charge in [-0.15, -0.1) is 0 Å². The Labute approximate surface area is 161 Å². The maximum Gasteiger partial charge on any atom is 0.303 e. The van der Waals surface area contributed by atoms with Crippen LogP contribution < -0.4 is 5.56 Å². The molecule has 1 aliphatic rings. The van der Waals surface area contributed by atoms with Gasteiger partial charge in [0, 0.05) is 44.4 Å². The molecule has 0 fully saturated rings. The fourth-order valence-corrected chi connectivity index (χ4v) is 3.23. The molecule has 0 radical (unpaired) electrons. The number of rotatable bonds is 5. The molecule has 4 rings (SSSR count). The summed E-state index contributed by atoms with van der Waals surface area (Å²) in [7, 11) is 0. The molecule has 144 valence electrons. The van der Waals surface area contributed by atoms with E-state index < -0.39 is 0 Å². The number of hydrogen-bond donors (Lipinski definition) is 1. The molecule has 0 unspecified atom stereocenters. The van der Waals surface area contributed by atoms with Crippen molar-refractivity contribution in [1.82, 2.24) is 19.9 Å². The van der Waals surface area contributed by atoms with Gasteiger partial charge in [-0.25, -0.2) is 4.98 Å². The summed E-state index contributed by atoms with van der Waals surface area (Å²) in [6.07, 6.45) is 4.06. The largest absolute Gasteiger partial charge is 0.461 e. The van der Waals surface area contributed by atoms with E-state index in [1.165, 1.54) is 6.92 Å². The summed E-state index contributed by atoms with van der Waals surface area (Å²) in [6, 6.07) is 7.35. The van der Waals surface area contributed by atoms with Crippen LogP contribution in [0.2, 0.25) is 0 Å². The molecule has 0 spiro atoms. The van der Waals surface area contributed by atoms with Crippen LogP contribution in [0, 0.1) is 0 Å². The van der Waals surface area contributed by atoms with Crippen LogP contribution in [-0.2, 0) is 35.6 Å². The molecule has 0 aliphatic carbocycles. The predicted octanol–water partition coefficient (Wildman–Crippen LogP) is 2.05. The van der Waals surface area contributed by atoms with E-state index in [0.717, 1.165) is 23.6 Å². The fraction of sp³-hybridized carbons (Fsp3) is 0.300. The Morgan fingerprint density at radius 3 is 2.96 bits per heavy atom. The SMILES string of the molecule is CC(=O)OCc1ccc(CN2CCc3nc(-c4cccnc4)[nH]c(=O)c3C2)o1. The van der Waals surface area contributed by atoms with Crippen LogP contribution in [-0.4, -0.2) is 32.4 Å². The van der Waals surface area contributed by atoms with Gasteiger partial charge in [0.1, 0.15) is 24.0 Å². The maximum absolute atomic E-state index is 12.6. The van der Waals surface area contributed by atoms with Crippen LogP contribution in [0.1, 0.15) is 29.7 Å². The van der Waals surface area contributed by atoms with E-state index >= 15 is 0 Å². The van der Waals surface area contributed by atoms with Gasteiger partial charge in [-0.2, -0.15) is 0 Å². The summed E-state index contributed by atoms with van der Waals surface area (Å²) >= 11 is 0. The third kappa shape index (κ3) is 4.01. The number of aromatic nitrogens is 3. The van der Waals surface area contributed by atoms with E-state index in [0.29, 0.717) is 36.7 Å². The summed E-state index contributed by atoms with van der Waals surface area (Å²) in [5.74, 6) is 1.57. The van der Waals surface area contributed by atoms with Gasteiger partial charge in [0.15, 0.2) is 0 Å². The first-order valence-electron chi connectivity index (χ1n) is 9.04. The molecule has 0 saturated carbocycles. The Morgan fingerprint density at radius 2 is 2.18 bits per heavy atom. The molecule has 0 saturated heterocycles. The van der Waals surface area contributed by atoms with Crippen molar-refractivity contribution in [2.75, 3.05) is 6.54 Å². The van der Waals surface area contributed by atoms with Gasteiger partial charge in [0.05, 0.1) is 17.8 Å². The second-order valence-electron chi connectivity index (χ2n) is 6.69. The number of ether oxygens (including phenoxy) is 1. The van der Waals surface area contributed by atoms with E-state index in [9.17, 15) is 9.59 Å². The van der Waals surface area contributed by atoms with Crippen molar-refractivity contribution in [2.24, 2.45) is 0 Å². The zero-order valence-electron chi connectivity index (χ0n) is 15.5. The van der Waals surface area contributed by atoms with Gasteiger partial charge in [0.2, 0.25) is 0 Å². The molecule has 0 bridgehead atoms. The number of aromatic amines is 1. The van der Waals surface area contributed by atoms with Gasteiger partial charge in [-0.3, -0.25) is 19.5 Å². The lowest BCUT2D eigenvalue weighted by atomic mass is 10.1.